The maximum atomic E-state index is 12.5. The number of aryl methyl sites for hydroxylation is 2. The zero-order valence-electron chi connectivity index (χ0n) is 15.9. The molecule has 138 valence electrons. The summed E-state index contributed by atoms with van der Waals surface area (Å²) >= 11 is 0. The van der Waals surface area contributed by atoms with Gasteiger partial charge in [-0.1, -0.05) is 6.07 Å². The lowest BCUT2D eigenvalue weighted by Gasteiger charge is -2.13. The Bertz CT molecular complexity index is 931. The highest BCUT2D eigenvalue weighted by molar-refractivity contribution is 6.03. The first-order valence-corrected chi connectivity index (χ1v) is 8.68. The average Bonchev–Trinajstić information content (AvgIpc) is 2.61. The maximum Gasteiger partial charge on any atom is 0.274 e. The molecule has 0 radical (unpaired) electrons. The minimum absolute atomic E-state index is 0.279. The molecule has 1 amide bonds. The van der Waals surface area contributed by atoms with Crippen molar-refractivity contribution in [1.82, 2.24) is 9.97 Å². The van der Waals surface area contributed by atoms with Gasteiger partial charge < -0.3 is 15.5 Å². The minimum atomic E-state index is -0.279. The van der Waals surface area contributed by atoms with Crippen molar-refractivity contribution in [2.75, 3.05) is 29.6 Å². The van der Waals surface area contributed by atoms with Crippen molar-refractivity contribution < 1.29 is 4.79 Å². The molecule has 3 aromatic rings. The summed E-state index contributed by atoms with van der Waals surface area (Å²) in [6.07, 6.45) is 1.57. The van der Waals surface area contributed by atoms with Crippen molar-refractivity contribution in [3.05, 3.63) is 71.5 Å². The largest absolute Gasteiger partial charge is 0.378 e. The van der Waals surface area contributed by atoms with Gasteiger partial charge in [0.05, 0.1) is 0 Å². The number of hydrogen-bond acceptors (Lipinski definition) is 5. The predicted molar refractivity (Wildman–Crippen MR) is 110 cm³/mol. The quantitative estimate of drug-likeness (QED) is 0.714. The van der Waals surface area contributed by atoms with E-state index in [0.717, 1.165) is 22.5 Å². The fraction of sp³-hybridized carbons (Fsp3) is 0.190. The highest BCUT2D eigenvalue weighted by Gasteiger charge is 2.10. The van der Waals surface area contributed by atoms with Gasteiger partial charge >= 0.3 is 0 Å². The Morgan fingerprint density at radius 3 is 2.22 bits per heavy atom. The van der Waals surface area contributed by atoms with Crippen molar-refractivity contribution >= 4 is 28.9 Å². The Balaban J connectivity index is 1.73. The second-order valence-corrected chi connectivity index (χ2v) is 6.66. The lowest BCUT2D eigenvalue weighted by Crippen LogP contribution is -2.15. The number of hydrogen-bond donors (Lipinski definition) is 2. The van der Waals surface area contributed by atoms with Crippen LogP contribution in [0, 0.1) is 13.8 Å². The van der Waals surface area contributed by atoms with Crippen molar-refractivity contribution in [1.29, 1.82) is 0 Å². The molecule has 1 aromatic heterocycles. The van der Waals surface area contributed by atoms with E-state index >= 15 is 0 Å². The van der Waals surface area contributed by atoms with Gasteiger partial charge in [-0.3, -0.25) is 4.79 Å². The monoisotopic (exact) mass is 361 g/mol. The number of amides is 1. The predicted octanol–water partition coefficient (Wildman–Crippen LogP) is 4.16. The van der Waals surface area contributed by atoms with Crippen LogP contribution in [0.15, 0.2) is 54.7 Å². The van der Waals surface area contributed by atoms with Gasteiger partial charge in [0, 0.05) is 37.4 Å². The lowest BCUT2D eigenvalue weighted by molar-refractivity contribution is 0.102. The van der Waals surface area contributed by atoms with Gasteiger partial charge in [-0.25, -0.2) is 9.97 Å². The number of carbonyl (C=O) groups is 1. The summed E-state index contributed by atoms with van der Waals surface area (Å²) in [7, 11) is 3.94. The zero-order chi connectivity index (χ0) is 19.4. The van der Waals surface area contributed by atoms with Crippen LogP contribution in [0.1, 0.15) is 21.6 Å². The van der Waals surface area contributed by atoms with Gasteiger partial charge in [0.1, 0.15) is 5.69 Å². The molecule has 0 saturated carbocycles. The molecule has 0 saturated heterocycles. The van der Waals surface area contributed by atoms with Crippen LogP contribution < -0.4 is 15.5 Å². The van der Waals surface area contributed by atoms with Gasteiger partial charge in [-0.05, 0) is 67.4 Å². The number of carbonyl (C=O) groups excluding carboxylic acids is 1. The van der Waals surface area contributed by atoms with Crippen LogP contribution in [0.3, 0.4) is 0 Å². The molecule has 0 aliphatic rings. The first-order valence-electron chi connectivity index (χ1n) is 8.68. The van der Waals surface area contributed by atoms with Gasteiger partial charge in [-0.15, -0.1) is 0 Å². The summed E-state index contributed by atoms with van der Waals surface area (Å²) < 4.78 is 0. The van der Waals surface area contributed by atoms with Crippen LogP contribution in [0.25, 0.3) is 0 Å². The molecular weight excluding hydrogens is 338 g/mol. The molecule has 0 atom stereocenters. The van der Waals surface area contributed by atoms with Gasteiger partial charge in [0.25, 0.3) is 5.91 Å². The maximum absolute atomic E-state index is 12.5. The van der Waals surface area contributed by atoms with Crippen LogP contribution in [0.5, 0.6) is 0 Å². The number of nitrogens with zero attached hydrogens (tertiary/aromatic N) is 3. The second-order valence-electron chi connectivity index (χ2n) is 6.66. The van der Waals surface area contributed by atoms with Crippen molar-refractivity contribution in [2.45, 2.75) is 13.8 Å². The molecular formula is C21H23N5O. The lowest BCUT2D eigenvalue weighted by atomic mass is 10.1. The molecule has 6 heteroatoms. The van der Waals surface area contributed by atoms with Crippen LogP contribution >= 0.6 is 0 Å². The van der Waals surface area contributed by atoms with Gasteiger partial charge in [0.15, 0.2) is 0 Å². The highest BCUT2D eigenvalue weighted by Crippen LogP contribution is 2.18. The molecule has 27 heavy (non-hydrogen) atoms. The summed E-state index contributed by atoms with van der Waals surface area (Å²) in [6, 6.07) is 15.3. The van der Waals surface area contributed by atoms with E-state index in [0.29, 0.717) is 17.3 Å². The van der Waals surface area contributed by atoms with E-state index < -0.39 is 0 Å². The molecule has 0 fully saturated rings. The number of benzene rings is 2. The SMILES string of the molecule is Cc1cc(C)cc(Nc2nccc(C(=O)Nc3ccc(N(C)C)cc3)n2)c1. The van der Waals surface area contributed by atoms with Crippen molar-refractivity contribution in [3.63, 3.8) is 0 Å². The number of rotatable bonds is 5. The van der Waals surface area contributed by atoms with Crippen LogP contribution in [0.2, 0.25) is 0 Å². The Morgan fingerprint density at radius 2 is 1.59 bits per heavy atom. The molecule has 0 spiro atoms. The normalized spacial score (nSPS) is 10.4. The fourth-order valence-corrected chi connectivity index (χ4v) is 2.76. The van der Waals surface area contributed by atoms with Gasteiger partial charge in [-0.2, -0.15) is 0 Å². The molecule has 0 aliphatic carbocycles. The topological polar surface area (TPSA) is 70.2 Å². The summed E-state index contributed by atoms with van der Waals surface area (Å²) in [4.78, 5) is 23.0. The minimum Gasteiger partial charge on any atom is -0.378 e. The van der Waals surface area contributed by atoms with E-state index in [9.17, 15) is 4.79 Å². The summed E-state index contributed by atoms with van der Waals surface area (Å²) in [5.41, 5.74) is 5.26. The standard InChI is InChI=1S/C21H23N5O/c1-14-11-15(2)13-17(12-14)24-21-22-10-9-19(25-21)20(27)23-16-5-7-18(8-6-16)26(3)4/h5-13H,1-4H3,(H,23,27)(H,22,24,25). The van der Waals surface area contributed by atoms with E-state index in [1.165, 1.54) is 0 Å². The van der Waals surface area contributed by atoms with Crippen LogP contribution in [-0.2, 0) is 0 Å². The third-order valence-corrected chi connectivity index (χ3v) is 4.01. The highest BCUT2D eigenvalue weighted by atomic mass is 16.1. The van der Waals surface area contributed by atoms with Crippen LogP contribution in [-0.4, -0.2) is 30.0 Å². The Labute approximate surface area is 159 Å². The molecule has 0 unspecified atom stereocenters. The second kappa shape index (κ2) is 7.86. The van der Waals surface area contributed by atoms with E-state index in [1.807, 2.05) is 69.2 Å². The average molecular weight is 361 g/mol. The molecule has 3 rings (SSSR count). The Morgan fingerprint density at radius 1 is 0.926 bits per heavy atom. The molecule has 0 aliphatic heterocycles. The molecule has 0 bridgehead atoms. The third-order valence-electron chi connectivity index (χ3n) is 4.01. The number of nitrogens with one attached hydrogen (secondary N) is 2. The molecule has 2 N–H and O–H groups in total. The van der Waals surface area contributed by atoms with E-state index in [4.69, 9.17) is 0 Å². The summed E-state index contributed by atoms with van der Waals surface area (Å²) in [6.45, 7) is 4.06. The smallest absolute Gasteiger partial charge is 0.274 e. The number of anilines is 4. The number of aromatic nitrogens is 2. The fourth-order valence-electron chi connectivity index (χ4n) is 2.76. The summed E-state index contributed by atoms with van der Waals surface area (Å²) in [5.74, 6) is 0.106. The van der Waals surface area contributed by atoms with E-state index in [1.54, 1.807) is 12.3 Å². The third kappa shape index (κ3) is 4.82. The zero-order valence-corrected chi connectivity index (χ0v) is 15.9. The molecule has 6 nitrogen and oxygen atoms in total. The Kier molecular flexibility index (Phi) is 5.35. The van der Waals surface area contributed by atoms with E-state index in [2.05, 4.69) is 26.7 Å². The van der Waals surface area contributed by atoms with Gasteiger partial charge in [0.2, 0.25) is 5.95 Å². The van der Waals surface area contributed by atoms with Crippen molar-refractivity contribution in [3.8, 4) is 0 Å². The van der Waals surface area contributed by atoms with E-state index in [-0.39, 0.29) is 5.91 Å². The van der Waals surface area contributed by atoms with Crippen LogP contribution in [0.4, 0.5) is 23.0 Å². The molecule has 2 aromatic carbocycles. The first-order chi connectivity index (χ1) is 12.9. The summed E-state index contributed by atoms with van der Waals surface area (Å²) in [5, 5.41) is 6.02. The van der Waals surface area contributed by atoms with Crippen molar-refractivity contribution in [2.24, 2.45) is 0 Å². The Hall–Kier alpha value is -3.41. The molecule has 1 heterocycles. The first kappa shape index (κ1) is 18.4.